The Morgan fingerprint density at radius 3 is 2.68 bits per heavy atom. The lowest BCUT2D eigenvalue weighted by atomic mass is 10.1. The van der Waals surface area contributed by atoms with Crippen LogP contribution in [0.1, 0.15) is 45.6 Å². The maximum atomic E-state index is 11.6. The van der Waals surface area contributed by atoms with Crippen LogP contribution in [-0.2, 0) is 11.2 Å². The fourth-order valence-corrected chi connectivity index (χ4v) is 3.08. The quantitative estimate of drug-likeness (QED) is 0.348. The maximum Gasteiger partial charge on any atom is 0.222 e. The highest BCUT2D eigenvalue weighted by Crippen LogP contribution is 2.13. The monoisotopic (exact) mass is 388 g/mol. The van der Waals surface area contributed by atoms with E-state index in [9.17, 15) is 4.79 Å². The summed E-state index contributed by atoms with van der Waals surface area (Å²) < 4.78 is 5.73. The highest BCUT2D eigenvalue weighted by molar-refractivity contribution is 5.79. The molecule has 0 aliphatic carbocycles. The number of benzene rings is 1. The van der Waals surface area contributed by atoms with Crippen LogP contribution >= 0.6 is 0 Å². The van der Waals surface area contributed by atoms with Gasteiger partial charge in [-0.05, 0) is 49.8 Å². The van der Waals surface area contributed by atoms with Crippen LogP contribution in [0, 0.1) is 5.92 Å². The van der Waals surface area contributed by atoms with E-state index in [1.165, 1.54) is 5.56 Å². The molecule has 0 unspecified atom stereocenters. The Balaban J connectivity index is 1.69. The molecule has 0 spiro atoms. The van der Waals surface area contributed by atoms with Crippen LogP contribution in [0.2, 0.25) is 0 Å². The van der Waals surface area contributed by atoms with Gasteiger partial charge in [0.1, 0.15) is 5.75 Å². The highest BCUT2D eigenvalue weighted by atomic mass is 16.5. The van der Waals surface area contributed by atoms with Crippen LogP contribution in [0.15, 0.2) is 29.3 Å². The molecule has 2 N–H and O–H groups in total. The molecule has 6 heteroatoms. The van der Waals surface area contributed by atoms with Gasteiger partial charge < -0.3 is 20.3 Å². The van der Waals surface area contributed by atoms with Gasteiger partial charge >= 0.3 is 0 Å². The summed E-state index contributed by atoms with van der Waals surface area (Å²) in [5, 5.41) is 6.67. The number of nitrogens with one attached hydrogen (secondary N) is 2. The number of rotatable bonds is 11. The highest BCUT2D eigenvalue weighted by Gasteiger charge is 2.18. The molecule has 1 aliphatic heterocycles. The van der Waals surface area contributed by atoms with Crippen molar-refractivity contribution >= 4 is 11.9 Å². The third-order valence-corrected chi connectivity index (χ3v) is 4.58. The number of ether oxygens (including phenoxy) is 1. The van der Waals surface area contributed by atoms with E-state index in [2.05, 4.69) is 48.5 Å². The van der Waals surface area contributed by atoms with Crippen molar-refractivity contribution in [3.05, 3.63) is 29.8 Å². The number of aliphatic imine (C=N–C) groups is 1. The summed E-state index contributed by atoms with van der Waals surface area (Å²) in [6.07, 6.45) is 3.53. The lowest BCUT2D eigenvalue weighted by molar-refractivity contribution is -0.127. The van der Waals surface area contributed by atoms with Crippen molar-refractivity contribution in [2.45, 2.75) is 46.5 Å². The van der Waals surface area contributed by atoms with Gasteiger partial charge in [-0.3, -0.25) is 9.79 Å². The summed E-state index contributed by atoms with van der Waals surface area (Å²) in [5.74, 6) is 2.59. The molecular formula is C22H36N4O2. The van der Waals surface area contributed by atoms with Gasteiger partial charge in [0.05, 0.1) is 6.61 Å². The summed E-state index contributed by atoms with van der Waals surface area (Å²) >= 11 is 0. The fourth-order valence-electron chi connectivity index (χ4n) is 3.08. The Labute approximate surface area is 169 Å². The average molecular weight is 389 g/mol. The molecule has 0 radical (unpaired) electrons. The molecule has 1 aromatic rings. The fraction of sp³-hybridized carbons (Fsp3) is 0.636. The molecule has 1 aromatic carbocycles. The smallest absolute Gasteiger partial charge is 0.222 e. The van der Waals surface area contributed by atoms with Gasteiger partial charge in [-0.15, -0.1) is 0 Å². The number of hydrogen-bond donors (Lipinski definition) is 2. The predicted molar refractivity (Wildman–Crippen MR) is 115 cm³/mol. The first-order valence-corrected chi connectivity index (χ1v) is 10.6. The van der Waals surface area contributed by atoms with Gasteiger partial charge in [0.15, 0.2) is 5.96 Å². The topological polar surface area (TPSA) is 66.0 Å². The summed E-state index contributed by atoms with van der Waals surface area (Å²) in [5.41, 5.74) is 1.27. The Morgan fingerprint density at radius 1 is 1.25 bits per heavy atom. The molecule has 1 fully saturated rings. The Hall–Kier alpha value is -2.24. The van der Waals surface area contributed by atoms with Crippen molar-refractivity contribution in [3.8, 4) is 5.75 Å². The molecule has 1 aliphatic rings. The van der Waals surface area contributed by atoms with Gasteiger partial charge in [0, 0.05) is 39.1 Å². The van der Waals surface area contributed by atoms with Crippen molar-refractivity contribution < 1.29 is 9.53 Å². The third-order valence-electron chi connectivity index (χ3n) is 4.58. The largest absolute Gasteiger partial charge is 0.493 e. The Morgan fingerprint density at radius 2 is 2.04 bits per heavy atom. The number of hydrogen-bond acceptors (Lipinski definition) is 3. The molecule has 1 saturated heterocycles. The van der Waals surface area contributed by atoms with Crippen LogP contribution in [0.5, 0.6) is 5.75 Å². The van der Waals surface area contributed by atoms with E-state index < -0.39 is 0 Å². The number of likely N-dealkylation sites (tertiary alicyclic amines) is 1. The molecule has 6 nitrogen and oxygen atoms in total. The van der Waals surface area contributed by atoms with Crippen LogP contribution in [0.4, 0.5) is 0 Å². The number of amides is 1. The summed E-state index contributed by atoms with van der Waals surface area (Å²) in [7, 11) is 0. The van der Waals surface area contributed by atoms with Crippen LogP contribution < -0.4 is 15.4 Å². The Bertz CT molecular complexity index is 613. The zero-order chi connectivity index (χ0) is 20.2. The van der Waals surface area contributed by atoms with E-state index in [0.29, 0.717) is 12.3 Å². The zero-order valence-corrected chi connectivity index (χ0v) is 17.7. The molecule has 156 valence electrons. The SMILES string of the molecule is CCNC(=NCCCN1CCCC1=O)NCCc1ccc(OCC(C)C)cc1. The van der Waals surface area contributed by atoms with Crippen LogP contribution in [-0.4, -0.2) is 56.1 Å². The lowest BCUT2D eigenvalue weighted by Gasteiger charge is -2.15. The molecular weight excluding hydrogens is 352 g/mol. The number of carbonyl (C=O) groups excluding carboxylic acids is 1. The number of guanidine groups is 1. The minimum absolute atomic E-state index is 0.287. The van der Waals surface area contributed by atoms with E-state index in [1.807, 2.05) is 17.0 Å². The second-order valence-corrected chi connectivity index (χ2v) is 7.62. The van der Waals surface area contributed by atoms with E-state index in [0.717, 1.165) is 70.3 Å². The van der Waals surface area contributed by atoms with E-state index >= 15 is 0 Å². The molecule has 0 aromatic heterocycles. The molecule has 2 rings (SSSR count). The first kappa shape index (κ1) is 22.1. The number of nitrogens with zero attached hydrogens (tertiary/aromatic N) is 2. The van der Waals surface area contributed by atoms with Gasteiger partial charge in [0.2, 0.25) is 5.91 Å². The molecule has 1 heterocycles. The summed E-state index contributed by atoms with van der Waals surface area (Å²) in [4.78, 5) is 18.2. The lowest BCUT2D eigenvalue weighted by Crippen LogP contribution is -2.38. The molecule has 28 heavy (non-hydrogen) atoms. The van der Waals surface area contributed by atoms with Crippen molar-refractivity contribution in [2.24, 2.45) is 10.9 Å². The van der Waals surface area contributed by atoms with Crippen molar-refractivity contribution in [3.63, 3.8) is 0 Å². The van der Waals surface area contributed by atoms with E-state index in [-0.39, 0.29) is 5.91 Å². The molecule has 0 saturated carbocycles. The minimum Gasteiger partial charge on any atom is -0.493 e. The first-order valence-electron chi connectivity index (χ1n) is 10.6. The molecule has 1 amide bonds. The van der Waals surface area contributed by atoms with Crippen molar-refractivity contribution in [2.75, 3.05) is 39.3 Å². The third kappa shape index (κ3) is 8.19. The second-order valence-electron chi connectivity index (χ2n) is 7.62. The first-order chi connectivity index (χ1) is 13.6. The predicted octanol–water partition coefficient (Wildman–Crippen LogP) is 2.83. The van der Waals surface area contributed by atoms with Gasteiger partial charge in [0.25, 0.3) is 0 Å². The standard InChI is InChI=1S/C22H36N4O2/c1-4-23-22(24-13-6-16-26-15-5-7-21(26)27)25-14-12-19-8-10-20(11-9-19)28-17-18(2)3/h8-11,18H,4-7,12-17H2,1-3H3,(H2,23,24,25). The van der Waals surface area contributed by atoms with Gasteiger partial charge in [-0.2, -0.15) is 0 Å². The van der Waals surface area contributed by atoms with Gasteiger partial charge in [-0.1, -0.05) is 26.0 Å². The Kier molecular flexibility index (Phi) is 9.66. The molecule has 0 atom stereocenters. The average Bonchev–Trinajstić information content (AvgIpc) is 3.09. The van der Waals surface area contributed by atoms with E-state index in [1.54, 1.807) is 0 Å². The zero-order valence-electron chi connectivity index (χ0n) is 17.7. The second kappa shape index (κ2) is 12.3. The summed E-state index contributed by atoms with van der Waals surface area (Å²) in [6.45, 7) is 11.2. The van der Waals surface area contributed by atoms with Crippen molar-refractivity contribution in [1.82, 2.24) is 15.5 Å². The molecule has 0 bridgehead atoms. The van der Waals surface area contributed by atoms with Crippen molar-refractivity contribution in [1.29, 1.82) is 0 Å². The normalized spacial score (nSPS) is 14.6. The maximum absolute atomic E-state index is 11.6. The van der Waals surface area contributed by atoms with E-state index in [4.69, 9.17) is 4.74 Å². The van der Waals surface area contributed by atoms with Crippen LogP contribution in [0.3, 0.4) is 0 Å². The van der Waals surface area contributed by atoms with Gasteiger partial charge in [-0.25, -0.2) is 0 Å². The number of carbonyl (C=O) groups is 1. The summed E-state index contributed by atoms with van der Waals surface area (Å²) in [6, 6.07) is 8.32. The minimum atomic E-state index is 0.287. The van der Waals surface area contributed by atoms with Crippen LogP contribution in [0.25, 0.3) is 0 Å².